The van der Waals surface area contributed by atoms with Crippen LogP contribution in [-0.4, -0.2) is 49.5 Å². The zero-order chi connectivity index (χ0) is 41.1. The lowest BCUT2D eigenvalue weighted by Gasteiger charge is -2.15. The first-order valence-electron chi connectivity index (χ1n) is 25.5. The molecule has 0 bridgehead atoms. The van der Waals surface area contributed by atoms with E-state index in [1.807, 2.05) is 0 Å². The average Bonchev–Trinajstić information content (AvgIpc) is 3.18. The van der Waals surface area contributed by atoms with Crippen LogP contribution in [0, 0.1) is 0 Å². The van der Waals surface area contributed by atoms with Crippen molar-refractivity contribution >= 4 is 14.6 Å². The minimum atomic E-state index is -2.17. The first kappa shape index (κ1) is 58.0. The van der Waals surface area contributed by atoms with E-state index in [2.05, 4.69) is 20.8 Å². The molecule has 0 aromatic rings. The van der Waals surface area contributed by atoms with E-state index in [1.54, 1.807) is 0 Å². The van der Waals surface area contributed by atoms with Gasteiger partial charge < -0.3 is 29.0 Å². The molecule has 336 valence electrons. The minimum absolute atomic E-state index is 0.467. The van der Waals surface area contributed by atoms with E-state index in [4.69, 9.17) is 29.0 Å². The van der Waals surface area contributed by atoms with Crippen LogP contribution in [0.3, 0.4) is 0 Å². The van der Waals surface area contributed by atoms with Crippen molar-refractivity contribution in [3.05, 3.63) is 0 Å². The quantitative estimate of drug-likeness (QED) is 0.0420. The van der Waals surface area contributed by atoms with Crippen LogP contribution in [0.2, 0.25) is 0 Å². The first-order chi connectivity index (χ1) is 27.6. The lowest BCUT2D eigenvalue weighted by molar-refractivity contribution is 0.0885. The van der Waals surface area contributed by atoms with Crippen LogP contribution in [0.5, 0.6) is 0 Å². The van der Waals surface area contributed by atoms with Crippen molar-refractivity contribution < 1.29 is 29.0 Å². The summed E-state index contributed by atoms with van der Waals surface area (Å²) >= 11 is 0. The normalized spacial score (nSPS) is 11.2. The fourth-order valence-electron chi connectivity index (χ4n) is 7.57. The second-order valence-corrected chi connectivity index (χ2v) is 17.0. The molecule has 0 saturated heterocycles. The molecule has 3 N–H and O–H groups in total. The Bertz CT molecular complexity index is 576. The highest BCUT2D eigenvalue weighted by Crippen LogP contribution is 2.16. The van der Waals surface area contributed by atoms with Gasteiger partial charge in [0.2, 0.25) is 0 Å². The summed E-state index contributed by atoms with van der Waals surface area (Å²) in [6.45, 7) is 9.20. The average molecular weight is 797 g/mol. The largest absolute Gasteiger partial charge is 0.639 e. The molecule has 0 aliphatic rings. The summed E-state index contributed by atoms with van der Waals surface area (Å²) in [6.07, 6.45) is 58.2. The summed E-state index contributed by atoms with van der Waals surface area (Å²) in [5, 5.41) is 21.5. The highest BCUT2D eigenvalue weighted by atomic mass is 16.7. The molecule has 6 nitrogen and oxygen atoms in total. The zero-order valence-corrected chi connectivity index (χ0v) is 38.5. The number of unbranched alkanes of at least 4 members (excludes halogenated alkanes) is 39. The maximum atomic E-state index is 7.17. The fraction of sp³-hybridized carbons (Fsp3) is 1.00. The molecule has 0 saturated carbocycles. The van der Waals surface area contributed by atoms with Crippen LogP contribution in [0.4, 0.5) is 0 Å². The molecule has 0 spiro atoms. The van der Waals surface area contributed by atoms with Gasteiger partial charge in [0.1, 0.15) is 0 Å². The third-order valence-electron chi connectivity index (χ3n) is 11.3. The molecule has 8 heteroatoms. The van der Waals surface area contributed by atoms with Crippen molar-refractivity contribution in [2.75, 3.05) is 19.8 Å². The SMILES string of the molecule is CCCCCCCCCCCCCCCCOB(OCCCCCCCCCCCCCCCC)OCCCCCCCCCCCCCCCC.OB(O)O. The second kappa shape index (κ2) is 54.9. The highest BCUT2D eigenvalue weighted by molar-refractivity contribution is 6.36. The molecule has 0 heterocycles. The van der Waals surface area contributed by atoms with Gasteiger partial charge in [0.25, 0.3) is 0 Å². The Morgan fingerprint density at radius 2 is 0.357 bits per heavy atom. The van der Waals surface area contributed by atoms with Crippen molar-refractivity contribution in [2.24, 2.45) is 0 Å². The molecule has 0 amide bonds. The van der Waals surface area contributed by atoms with E-state index in [0.29, 0.717) is 0 Å². The van der Waals surface area contributed by atoms with Gasteiger partial charge in [-0.25, -0.2) is 0 Å². The Kier molecular flexibility index (Phi) is 56.8. The van der Waals surface area contributed by atoms with Crippen molar-refractivity contribution in [1.82, 2.24) is 0 Å². The van der Waals surface area contributed by atoms with Crippen LogP contribution >= 0.6 is 0 Å². The van der Waals surface area contributed by atoms with Crippen molar-refractivity contribution in [3.63, 3.8) is 0 Å². The van der Waals surface area contributed by atoms with Crippen molar-refractivity contribution in [2.45, 2.75) is 290 Å². The molecule has 0 fully saturated rings. The lowest BCUT2D eigenvalue weighted by atomic mass is 10.0. The van der Waals surface area contributed by atoms with E-state index in [-0.39, 0.29) is 0 Å². The molecule has 0 aromatic heterocycles. The molecule has 0 aliphatic carbocycles. The van der Waals surface area contributed by atoms with E-state index in [1.165, 1.54) is 250 Å². The molecule has 0 unspecified atom stereocenters. The maximum Gasteiger partial charge on any atom is 0.639 e. The Balaban J connectivity index is 0. The van der Waals surface area contributed by atoms with Crippen LogP contribution < -0.4 is 0 Å². The predicted molar refractivity (Wildman–Crippen MR) is 247 cm³/mol. The monoisotopic (exact) mass is 797 g/mol. The minimum Gasteiger partial charge on any atom is -0.402 e. The molecular weight excluding hydrogens is 694 g/mol. The zero-order valence-electron chi connectivity index (χ0n) is 38.5. The fourth-order valence-corrected chi connectivity index (χ4v) is 7.57. The third kappa shape index (κ3) is 58.2. The summed E-state index contributed by atoms with van der Waals surface area (Å²) in [4.78, 5) is 0. The van der Waals surface area contributed by atoms with E-state index in [0.717, 1.165) is 39.1 Å². The third-order valence-corrected chi connectivity index (χ3v) is 11.3. The molecule has 0 rings (SSSR count). The first-order valence-corrected chi connectivity index (χ1v) is 25.5. The second-order valence-electron chi connectivity index (χ2n) is 17.0. The Morgan fingerprint density at radius 3 is 0.500 bits per heavy atom. The van der Waals surface area contributed by atoms with Gasteiger partial charge in [0, 0.05) is 19.8 Å². The summed E-state index contributed by atoms with van der Waals surface area (Å²) in [7, 11) is -2.63. The topological polar surface area (TPSA) is 88.4 Å². The Labute approximate surface area is 352 Å². The van der Waals surface area contributed by atoms with Gasteiger partial charge in [-0.05, 0) is 19.3 Å². The number of hydrogen-bond acceptors (Lipinski definition) is 6. The van der Waals surface area contributed by atoms with Gasteiger partial charge in [0.05, 0.1) is 0 Å². The molecule has 0 aromatic carbocycles. The molecule has 0 atom stereocenters. The van der Waals surface area contributed by atoms with E-state index < -0.39 is 14.6 Å². The predicted octanol–water partition coefficient (Wildman–Crippen LogP) is 15.4. The lowest BCUT2D eigenvalue weighted by Crippen LogP contribution is -2.28. The van der Waals surface area contributed by atoms with Crippen molar-refractivity contribution in [3.8, 4) is 0 Å². The number of rotatable bonds is 48. The van der Waals surface area contributed by atoms with Crippen LogP contribution in [0.1, 0.15) is 290 Å². The van der Waals surface area contributed by atoms with Crippen LogP contribution in [0.15, 0.2) is 0 Å². The summed E-state index contributed by atoms with van der Waals surface area (Å²) in [5.41, 5.74) is 0. The summed E-state index contributed by atoms with van der Waals surface area (Å²) in [5.74, 6) is 0. The number of hydrogen-bond donors (Lipinski definition) is 3. The van der Waals surface area contributed by atoms with Crippen LogP contribution in [-0.2, 0) is 14.0 Å². The van der Waals surface area contributed by atoms with Gasteiger partial charge in [-0.3, -0.25) is 0 Å². The molecule has 0 radical (unpaired) electrons. The van der Waals surface area contributed by atoms with Gasteiger partial charge >= 0.3 is 14.6 Å². The van der Waals surface area contributed by atoms with Gasteiger partial charge in [0.15, 0.2) is 0 Å². The Hall–Kier alpha value is -0.110. The van der Waals surface area contributed by atoms with Crippen molar-refractivity contribution in [1.29, 1.82) is 0 Å². The summed E-state index contributed by atoms with van der Waals surface area (Å²) in [6, 6.07) is 0. The smallest absolute Gasteiger partial charge is 0.402 e. The molecular formula is C48H102B2O6. The summed E-state index contributed by atoms with van der Waals surface area (Å²) < 4.78 is 18.4. The van der Waals surface area contributed by atoms with Gasteiger partial charge in [-0.15, -0.1) is 0 Å². The standard InChI is InChI=1S/C48H99BO3.BH3O3/c1-4-7-10-13-16-19-22-25-28-31-34-37-40-43-46-50-49(51-47-44-41-38-35-32-29-26-23-20-17-14-11-8-5-2)52-48-45-42-39-36-33-30-27-24-21-18-15-12-9-6-3;2-1(3)4/h4-48H2,1-3H3;2-4H. The molecule has 56 heavy (non-hydrogen) atoms. The van der Waals surface area contributed by atoms with Crippen LogP contribution in [0.25, 0.3) is 0 Å². The molecule has 0 aliphatic heterocycles. The highest BCUT2D eigenvalue weighted by Gasteiger charge is 2.20. The maximum absolute atomic E-state index is 7.17. The van der Waals surface area contributed by atoms with Gasteiger partial charge in [-0.1, -0.05) is 271 Å². The van der Waals surface area contributed by atoms with E-state index >= 15 is 0 Å². The Morgan fingerprint density at radius 1 is 0.232 bits per heavy atom. The van der Waals surface area contributed by atoms with E-state index in [9.17, 15) is 0 Å². The van der Waals surface area contributed by atoms with Gasteiger partial charge in [-0.2, -0.15) is 0 Å².